The van der Waals surface area contributed by atoms with Crippen LogP contribution in [0.2, 0.25) is 13.1 Å². The predicted octanol–water partition coefficient (Wildman–Crippen LogP) is 7.64. The Morgan fingerprint density at radius 3 is 1.59 bits per heavy atom. The van der Waals surface area contributed by atoms with Gasteiger partial charge in [0.05, 0.1) is 0 Å². The molecule has 0 radical (unpaired) electrons. The number of rotatable bonds is 15. The Balaban J connectivity index is 3.35. The summed E-state index contributed by atoms with van der Waals surface area (Å²) in [5.74, 6) is 0. The van der Waals surface area contributed by atoms with Crippen molar-refractivity contribution in [3.8, 4) is 0 Å². The summed E-state index contributed by atoms with van der Waals surface area (Å²) in [5.41, 5.74) is 0. The van der Waals surface area contributed by atoms with Crippen LogP contribution in [0.3, 0.4) is 0 Å². The van der Waals surface area contributed by atoms with E-state index in [0.717, 1.165) is 6.42 Å². The summed E-state index contributed by atoms with van der Waals surface area (Å²) >= 11 is 12.0. The lowest BCUT2D eigenvalue weighted by molar-refractivity contribution is 0.197. The number of alkyl halides is 2. The fourth-order valence-electron chi connectivity index (χ4n) is 2.72. The molecule has 0 bridgehead atoms. The monoisotopic (exact) mass is 368 g/mol. The molecule has 0 aromatic carbocycles. The lowest BCUT2D eigenvalue weighted by atomic mass is 10.0. The molecule has 22 heavy (non-hydrogen) atoms. The Bertz CT molecular complexity index is 247. The van der Waals surface area contributed by atoms with Crippen LogP contribution in [0, 0.1) is 0 Å². The number of halogens is 2. The second-order valence-electron chi connectivity index (χ2n) is 7.16. The second-order valence-corrected chi connectivity index (χ2v) is 13.0. The van der Waals surface area contributed by atoms with Crippen LogP contribution in [-0.2, 0) is 4.43 Å². The third-order valence-electron chi connectivity index (χ3n) is 4.24. The zero-order valence-corrected chi connectivity index (χ0v) is 17.8. The van der Waals surface area contributed by atoms with Crippen LogP contribution in [0.25, 0.3) is 0 Å². The summed E-state index contributed by atoms with van der Waals surface area (Å²) < 4.78 is 5.73. The van der Waals surface area contributed by atoms with E-state index in [9.17, 15) is 0 Å². The Morgan fingerprint density at radius 1 is 0.773 bits per heavy atom. The van der Waals surface area contributed by atoms with Gasteiger partial charge in [-0.05, 0) is 26.4 Å². The Hall–Kier alpha value is 0.757. The molecule has 1 unspecified atom stereocenters. The van der Waals surface area contributed by atoms with Gasteiger partial charge in [-0.3, -0.25) is 0 Å². The van der Waals surface area contributed by atoms with E-state index in [-0.39, 0.29) is 4.46 Å². The molecule has 0 spiro atoms. The van der Waals surface area contributed by atoms with Crippen molar-refractivity contribution in [3.05, 3.63) is 0 Å². The molecule has 0 saturated carbocycles. The summed E-state index contributed by atoms with van der Waals surface area (Å²) in [6.07, 6.45) is 16.7. The van der Waals surface area contributed by atoms with Crippen molar-refractivity contribution in [2.75, 3.05) is 0 Å². The van der Waals surface area contributed by atoms with Gasteiger partial charge in [0.2, 0.25) is 8.32 Å². The summed E-state index contributed by atoms with van der Waals surface area (Å²) in [6, 6.07) is 0. The average Bonchev–Trinajstić information content (AvgIpc) is 2.44. The van der Waals surface area contributed by atoms with Crippen LogP contribution in [-0.4, -0.2) is 18.9 Å². The van der Waals surface area contributed by atoms with E-state index in [4.69, 9.17) is 27.6 Å². The molecule has 1 nitrogen and oxygen atoms in total. The highest BCUT2D eigenvalue weighted by Gasteiger charge is 2.32. The van der Waals surface area contributed by atoms with Crippen LogP contribution >= 0.6 is 23.2 Å². The quantitative estimate of drug-likeness (QED) is 0.164. The first-order valence-electron chi connectivity index (χ1n) is 9.36. The summed E-state index contributed by atoms with van der Waals surface area (Å²) in [6.45, 7) is 8.61. The largest absolute Gasteiger partial charge is 0.412 e. The van der Waals surface area contributed by atoms with Crippen molar-refractivity contribution in [1.29, 1.82) is 0 Å². The topological polar surface area (TPSA) is 9.23 Å². The molecule has 0 aliphatic heterocycles. The number of unbranched alkanes of at least 4 members (excludes halogenated alkanes) is 10. The fourth-order valence-corrected chi connectivity index (χ4v) is 4.29. The first-order valence-corrected chi connectivity index (χ1v) is 13.2. The van der Waals surface area contributed by atoms with Crippen LogP contribution in [0.5, 0.6) is 0 Å². The summed E-state index contributed by atoms with van der Waals surface area (Å²) in [4.78, 5) is 0. The lowest BCUT2D eigenvalue weighted by Gasteiger charge is -2.28. The van der Waals surface area contributed by atoms with Gasteiger partial charge in [-0.2, -0.15) is 0 Å². The average molecular weight is 369 g/mol. The van der Waals surface area contributed by atoms with E-state index in [1.54, 1.807) is 0 Å². The molecule has 0 aliphatic rings. The maximum atomic E-state index is 6.07. The molecular formula is C18H38Cl2OSi. The van der Waals surface area contributed by atoms with Crippen LogP contribution in [0.1, 0.15) is 90.9 Å². The molecule has 0 aromatic rings. The van der Waals surface area contributed by atoms with Gasteiger partial charge >= 0.3 is 0 Å². The zero-order valence-electron chi connectivity index (χ0n) is 15.3. The van der Waals surface area contributed by atoms with Crippen molar-refractivity contribution < 1.29 is 4.43 Å². The molecule has 0 N–H and O–H groups in total. The molecule has 0 heterocycles. The highest BCUT2D eigenvalue weighted by atomic mass is 35.5. The maximum absolute atomic E-state index is 6.07. The van der Waals surface area contributed by atoms with Crippen molar-refractivity contribution in [1.82, 2.24) is 0 Å². The van der Waals surface area contributed by atoms with E-state index >= 15 is 0 Å². The van der Waals surface area contributed by atoms with Crippen LogP contribution in [0.15, 0.2) is 0 Å². The molecule has 0 aromatic heterocycles. The molecular weight excluding hydrogens is 331 g/mol. The Kier molecular flexibility index (Phi) is 14.6. The van der Waals surface area contributed by atoms with Gasteiger partial charge in [0, 0.05) is 6.10 Å². The minimum absolute atomic E-state index is 0.292. The molecule has 0 amide bonds. The van der Waals surface area contributed by atoms with Gasteiger partial charge < -0.3 is 4.43 Å². The summed E-state index contributed by atoms with van der Waals surface area (Å²) in [5, 5.41) is 0. The van der Waals surface area contributed by atoms with Gasteiger partial charge in [0.1, 0.15) is 4.46 Å². The van der Waals surface area contributed by atoms with E-state index < -0.39 is 8.32 Å². The van der Waals surface area contributed by atoms with E-state index in [2.05, 4.69) is 26.9 Å². The third kappa shape index (κ3) is 13.2. The normalized spacial score (nSPS) is 13.8. The van der Waals surface area contributed by atoms with Gasteiger partial charge in [-0.15, -0.1) is 23.2 Å². The molecule has 1 atom stereocenters. The van der Waals surface area contributed by atoms with Crippen molar-refractivity contribution in [2.45, 2.75) is 115 Å². The zero-order chi connectivity index (χ0) is 16.8. The smallest absolute Gasteiger partial charge is 0.220 e. The Labute approximate surface area is 150 Å². The van der Waals surface area contributed by atoms with Crippen molar-refractivity contribution in [2.24, 2.45) is 0 Å². The number of hydrogen-bond donors (Lipinski definition) is 0. The van der Waals surface area contributed by atoms with Gasteiger partial charge in [-0.1, -0.05) is 77.6 Å². The van der Waals surface area contributed by atoms with Gasteiger partial charge in [0.25, 0.3) is 0 Å². The van der Waals surface area contributed by atoms with Crippen LogP contribution in [0.4, 0.5) is 0 Å². The van der Waals surface area contributed by atoms with Crippen molar-refractivity contribution >= 4 is 31.5 Å². The Morgan fingerprint density at radius 2 is 1.18 bits per heavy atom. The standard InChI is InChI=1S/C18H38Cl2OSi/c1-5-6-7-8-9-10-11-12-13-14-15-16-17(2)21-22(3,4)18(19)20/h17-18H,5-16H2,1-4H3. The first kappa shape index (κ1) is 22.8. The molecule has 4 heteroatoms. The van der Waals surface area contributed by atoms with E-state index in [1.807, 2.05) is 0 Å². The van der Waals surface area contributed by atoms with Crippen LogP contribution < -0.4 is 0 Å². The predicted molar refractivity (Wildman–Crippen MR) is 105 cm³/mol. The lowest BCUT2D eigenvalue weighted by Crippen LogP contribution is -2.41. The highest BCUT2D eigenvalue weighted by molar-refractivity contribution is 6.88. The van der Waals surface area contributed by atoms with E-state index in [1.165, 1.54) is 70.6 Å². The molecule has 0 fully saturated rings. The highest BCUT2D eigenvalue weighted by Crippen LogP contribution is 2.23. The maximum Gasteiger partial charge on any atom is 0.220 e. The van der Waals surface area contributed by atoms with Gasteiger partial charge in [0.15, 0.2) is 0 Å². The van der Waals surface area contributed by atoms with Gasteiger partial charge in [-0.25, -0.2) is 0 Å². The molecule has 0 saturated heterocycles. The number of hydrogen-bond acceptors (Lipinski definition) is 1. The first-order chi connectivity index (χ1) is 10.4. The summed E-state index contributed by atoms with van der Waals surface area (Å²) in [7, 11) is -1.91. The fraction of sp³-hybridized carbons (Fsp3) is 1.00. The SMILES string of the molecule is CCCCCCCCCCCCCC(C)O[Si](C)(C)C(Cl)Cl. The molecule has 134 valence electrons. The third-order valence-corrected chi connectivity index (χ3v) is 9.46. The minimum atomic E-state index is -1.91. The minimum Gasteiger partial charge on any atom is -0.412 e. The second kappa shape index (κ2) is 14.1. The molecule has 0 rings (SSSR count). The van der Waals surface area contributed by atoms with E-state index in [0.29, 0.717) is 6.10 Å². The molecule has 0 aliphatic carbocycles. The van der Waals surface area contributed by atoms with Crippen molar-refractivity contribution in [3.63, 3.8) is 0 Å².